The summed E-state index contributed by atoms with van der Waals surface area (Å²) in [4.78, 5) is 37.4. The van der Waals surface area contributed by atoms with Crippen LogP contribution >= 0.6 is 11.6 Å². The first-order valence-electron chi connectivity index (χ1n) is 10.1. The van der Waals surface area contributed by atoms with Crippen molar-refractivity contribution < 1.29 is 19.1 Å². The fraction of sp³-hybridized carbons (Fsp3) is 0.591. The van der Waals surface area contributed by atoms with Crippen LogP contribution in [-0.2, 0) is 14.3 Å². The van der Waals surface area contributed by atoms with E-state index in [0.29, 0.717) is 28.3 Å². The molecule has 150 valence electrons. The molecule has 1 aromatic carbocycles. The summed E-state index contributed by atoms with van der Waals surface area (Å²) in [6, 6.07) is 5.58. The van der Waals surface area contributed by atoms with Crippen LogP contribution in [0.4, 0.5) is 0 Å². The van der Waals surface area contributed by atoms with Crippen LogP contribution in [0.2, 0.25) is 5.02 Å². The summed E-state index contributed by atoms with van der Waals surface area (Å²) in [6.45, 7) is 1.37. The second-order valence-corrected chi connectivity index (χ2v) is 9.37. The number of esters is 1. The standard InChI is InChI=1S/C22H26ClNO4/c1-13(24-20(26)17-2-4-18(23)5-3-17)21(27)28-12-19(25)22-9-14-6-15(10-22)8-16(7-14)11-22/h2-5,13-16H,6-12H2,1H3,(H,24,26)/t13-,14?,15?,16?,22?/m0/s1. The fourth-order valence-electron chi connectivity index (χ4n) is 5.81. The minimum absolute atomic E-state index is 0.0659. The molecule has 1 N–H and O–H groups in total. The van der Waals surface area contributed by atoms with Gasteiger partial charge < -0.3 is 10.1 Å². The lowest BCUT2D eigenvalue weighted by atomic mass is 9.48. The number of halogens is 1. The summed E-state index contributed by atoms with van der Waals surface area (Å²) in [5.41, 5.74) is 0.138. The van der Waals surface area contributed by atoms with Crippen molar-refractivity contribution in [3.8, 4) is 0 Å². The van der Waals surface area contributed by atoms with Crippen LogP contribution in [0, 0.1) is 23.2 Å². The van der Waals surface area contributed by atoms with E-state index in [2.05, 4.69) is 5.32 Å². The van der Waals surface area contributed by atoms with Crippen LogP contribution in [0.25, 0.3) is 0 Å². The fourth-order valence-corrected chi connectivity index (χ4v) is 5.93. The maximum atomic E-state index is 12.9. The van der Waals surface area contributed by atoms with Crippen LogP contribution in [0.3, 0.4) is 0 Å². The number of amides is 1. The number of Topliss-reactive ketones (excluding diaryl/α,β-unsaturated/α-hetero) is 1. The molecule has 0 unspecified atom stereocenters. The summed E-state index contributed by atoms with van der Waals surface area (Å²) in [5, 5.41) is 3.14. The number of ether oxygens (including phenoxy) is 1. The molecule has 1 amide bonds. The molecule has 4 fully saturated rings. The second kappa shape index (κ2) is 7.51. The van der Waals surface area contributed by atoms with Crippen LogP contribution in [0.15, 0.2) is 24.3 Å². The smallest absolute Gasteiger partial charge is 0.328 e. The Morgan fingerprint density at radius 1 is 1.07 bits per heavy atom. The molecule has 0 spiro atoms. The molecule has 1 aromatic rings. The van der Waals surface area contributed by atoms with Gasteiger partial charge in [-0.05, 0) is 87.5 Å². The monoisotopic (exact) mass is 403 g/mol. The summed E-state index contributed by atoms with van der Waals surface area (Å²) in [5.74, 6) is 1.11. The van der Waals surface area contributed by atoms with Crippen molar-refractivity contribution in [1.29, 1.82) is 0 Å². The topological polar surface area (TPSA) is 72.5 Å². The van der Waals surface area contributed by atoms with Crippen LogP contribution in [-0.4, -0.2) is 30.3 Å². The van der Waals surface area contributed by atoms with Crippen molar-refractivity contribution in [3.05, 3.63) is 34.9 Å². The Morgan fingerprint density at radius 3 is 2.14 bits per heavy atom. The Kier molecular flexibility index (Phi) is 5.21. The highest BCUT2D eigenvalue weighted by Crippen LogP contribution is 2.60. The third-order valence-corrected chi connectivity index (χ3v) is 7.03. The Labute approximate surface area is 170 Å². The highest BCUT2D eigenvalue weighted by molar-refractivity contribution is 6.30. The van der Waals surface area contributed by atoms with Crippen molar-refractivity contribution in [2.45, 2.75) is 51.5 Å². The second-order valence-electron chi connectivity index (χ2n) is 8.93. The van der Waals surface area contributed by atoms with Gasteiger partial charge in [-0.1, -0.05) is 11.6 Å². The first-order valence-corrected chi connectivity index (χ1v) is 10.5. The van der Waals surface area contributed by atoms with Gasteiger partial charge in [0.2, 0.25) is 0 Å². The molecule has 0 aromatic heterocycles. The van der Waals surface area contributed by atoms with E-state index in [4.69, 9.17) is 16.3 Å². The molecule has 0 saturated heterocycles. The van der Waals surface area contributed by atoms with E-state index in [-0.39, 0.29) is 23.7 Å². The van der Waals surface area contributed by atoms with E-state index in [9.17, 15) is 14.4 Å². The molecular formula is C22H26ClNO4. The number of hydrogen-bond donors (Lipinski definition) is 1. The van der Waals surface area contributed by atoms with Gasteiger partial charge >= 0.3 is 5.97 Å². The van der Waals surface area contributed by atoms with Gasteiger partial charge in [-0.3, -0.25) is 9.59 Å². The third kappa shape index (κ3) is 3.82. The molecular weight excluding hydrogens is 378 g/mol. The van der Waals surface area contributed by atoms with Crippen LogP contribution in [0.1, 0.15) is 55.8 Å². The Hall–Kier alpha value is -1.88. The van der Waals surface area contributed by atoms with Gasteiger partial charge in [-0.2, -0.15) is 0 Å². The minimum atomic E-state index is -0.827. The predicted molar refractivity (Wildman–Crippen MR) is 105 cm³/mol. The average Bonchev–Trinajstić information content (AvgIpc) is 2.65. The normalized spacial score (nSPS) is 31.3. The zero-order valence-electron chi connectivity index (χ0n) is 16.1. The molecule has 5 nitrogen and oxygen atoms in total. The molecule has 6 heteroatoms. The maximum Gasteiger partial charge on any atom is 0.328 e. The molecule has 4 aliphatic rings. The number of carbonyl (C=O) groups is 3. The Bertz CT molecular complexity index is 753. The largest absolute Gasteiger partial charge is 0.456 e. The summed E-state index contributed by atoms with van der Waals surface area (Å²) >= 11 is 5.82. The van der Waals surface area contributed by atoms with Crippen molar-refractivity contribution >= 4 is 29.3 Å². The van der Waals surface area contributed by atoms with E-state index >= 15 is 0 Å². The maximum absolute atomic E-state index is 12.9. The van der Waals surface area contributed by atoms with Gasteiger partial charge in [-0.25, -0.2) is 4.79 Å². The molecule has 4 aliphatic carbocycles. The Balaban J connectivity index is 1.29. The van der Waals surface area contributed by atoms with Gasteiger partial charge in [0.05, 0.1) is 0 Å². The molecule has 1 atom stereocenters. The van der Waals surface area contributed by atoms with Gasteiger partial charge in [-0.15, -0.1) is 0 Å². The van der Waals surface area contributed by atoms with Gasteiger partial charge in [0, 0.05) is 16.0 Å². The number of nitrogens with one attached hydrogen (secondary N) is 1. The van der Waals surface area contributed by atoms with Crippen molar-refractivity contribution in [2.75, 3.05) is 6.61 Å². The predicted octanol–water partition coefficient (Wildman–Crippen LogP) is 3.79. The number of ketones is 1. The zero-order valence-corrected chi connectivity index (χ0v) is 16.8. The van der Waals surface area contributed by atoms with Crippen LogP contribution in [0.5, 0.6) is 0 Å². The quantitative estimate of drug-likeness (QED) is 0.733. The summed E-state index contributed by atoms with van der Waals surface area (Å²) in [7, 11) is 0. The number of benzene rings is 1. The van der Waals surface area contributed by atoms with Gasteiger partial charge in [0.15, 0.2) is 12.4 Å². The molecule has 4 bridgehead atoms. The zero-order chi connectivity index (χ0) is 19.9. The van der Waals surface area contributed by atoms with Crippen molar-refractivity contribution in [3.63, 3.8) is 0 Å². The lowest BCUT2D eigenvalue weighted by Crippen LogP contribution is -2.51. The lowest BCUT2D eigenvalue weighted by molar-refractivity contribution is -0.158. The number of hydrogen-bond acceptors (Lipinski definition) is 4. The molecule has 0 heterocycles. The first-order chi connectivity index (χ1) is 13.3. The average molecular weight is 404 g/mol. The van der Waals surface area contributed by atoms with Crippen molar-refractivity contribution in [1.82, 2.24) is 5.32 Å². The Morgan fingerprint density at radius 2 is 1.61 bits per heavy atom. The summed E-state index contributed by atoms with van der Waals surface area (Å²) in [6.07, 6.45) is 6.66. The lowest BCUT2D eigenvalue weighted by Gasteiger charge is -2.55. The van der Waals surface area contributed by atoms with E-state index in [1.807, 2.05) is 0 Å². The number of rotatable bonds is 6. The van der Waals surface area contributed by atoms with E-state index in [1.54, 1.807) is 31.2 Å². The highest BCUT2D eigenvalue weighted by Gasteiger charge is 2.54. The minimum Gasteiger partial charge on any atom is -0.456 e. The SMILES string of the molecule is C[C@H](NC(=O)c1ccc(Cl)cc1)C(=O)OCC(=O)C12CC3CC(CC(C3)C1)C2. The van der Waals surface area contributed by atoms with E-state index in [1.165, 1.54) is 19.3 Å². The molecule has 0 aliphatic heterocycles. The van der Waals surface area contributed by atoms with E-state index in [0.717, 1.165) is 19.3 Å². The number of carbonyl (C=O) groups excluding carboxylic acids is 3. The third-order valence-electron chi connectivity index (χ3n) is 6.78. The van der Waals surface area contributed by atoms with Crippen molar-refractivity contribution in [2.24, 2.45) is 23.2 Å². The highest BCUT2D eigenvalue weighted by atomic mass is 35.5. The van der Waals surface area contributed by atoms with Gasteiger partial charge in [0.25, 0.3) is 5.91 Å². The molecule has 4 saturated carbocycles. The van der Waals surface area contributed by atoms with Crippen LogP contribution < -0.4 is 5.32 Å². The molecule has 5 rings (SSSR count). The summed E-state index contributed by atoms with van der Waals surface area (Å²) < 4.78 is 5.29. The van der Waals surface area contributed by atoms with E-state index < -0.39 is 12.0 Å². The van der Waals surface area contributed by atoms with Gasteiger partial charge in [0.1, 0.15) is 6.04 Å². The molecule has 28 heavy (non-hydrogen) atoms. The first kappa shape index (κ1) is 19.4. The molecule has 0 radical (unpaired) electrons.